The van der Waals surface area contributed by atoms with E-state index in [1.165, 1.54) is 54.6 Å². The molecule has 1 heteroatoms. The predicted octanol–water partition coefficient (Wildman–Crippen LogP) is 12.0. The number of furan rings is 1. The second-order valence-corrected chi connectivity index (χ2v) is 11.3. The van der Waals surface area contributed by atoms with Gasteiger partial charge in [-0.15, -0.1) is 0 Å². The first-order valence-corrected chi connectivity index (χ1v) is 14.8. The third-order valence-corrected chi connectivity index (χ3v) is 8.86. The van der Waals surface area contributed by atoms with Crippen molar-refractivity contribution in [3.63, 3.8) is 0 Å². The molecule has 200 valence electrons. The van der Waals surface area contributed by atoms with Gasteiger partial charge in [0.1, 0.15) is 11.2 Å². The average molecular weight is 547 g/mol. The van der Waals surface area contributed by atoms with Crippen LogP contribution in [0.1, 0.15) is 0 Å². The maximum atomic E-state index is 6.45. The van der Waals surface area contributed by atoms with Crippen LogP contribution in [0.25, 0.3) is 87.6 Å². The highest BCUT2D eigenvalue weighted by Crippen LogP contribution is 2.42. The topological polar surface area (TPSA) is 13.1 Å². The van der Waals surface area contributed by atoms with E-state index in [0.29, 0.717) is 0 Å². The summed E-state index contributed by atoms with van der Waals surface area (Å²) in [6.07, 6.45) is 0. The molecule has 0 radical (unpaired) electrons. The minimum absolute atomic E-state index is 0.908. The molecule has 1 heterocycles. The summed E-state index contributed by atoms with van der Waals surface area (Å²) in [6, 6.07) is 56.7. The van der Waals surface area contributed by atoms with Gasteiger partial charge in [-0.2, -0.15) is 0 Å². The van der Waals surface area contributed by atoms with Crippen LogP contribution in [0.15, 0.2) is 162 Å². The van der Waals surface area contributed by atoms with Gasteiger partial charge < -0.3 is 4.42 Å². The van der Waals surface area contributed by atoms with Crippen molar-refractivity contribution in [1.29, 1.82) is 0 Å². The normalized spacial score (nSPS) is 11.7. The standard InChI is InChI=1S/C42H26O/c1-2-11-27(12-3-1)32-20-10-22-38-39-26-29(23-24-40(39)43-42(32)38)28-13-8-14-30(25-28)31-19-9-21-37-35-16-5-4-15-33(35)34-17-6-7-18-36(34)41(31)37/h1-26H. The van der Waals surface area contributed by atoms with E-state index in [0.717, 1.165) is 33.1 Å². The Morgan fingerprint density at radius 3 is 1.60 bits per heavy atom. The smallest absolute Gasteiger partial charge is 0.143 e. The van der Waals surface area contributed by atoms with Crippen molar-refractivity contribution < 1.29 is 4.42 Å². The van der Waals surface area contributed by atoms with E-state index in [1.54, 1.807) is 0 Å². The number of hydrogen-bond donors (Lipinski definition) is 0. The molecule has 8 aromatic carbocycles. The Kier molecular flexibility index (Phi) is 5.27. The van der Waals surface area contributed by atoms with Crippen LogP contribution in [0.2, 0.25) is 0 Å². The Balaban J connectivity index is 1.23. The van der Waals surface area contributed by atoms with Gasteiger partial charge in [-0.05, 0) is 78.3 Å². The molecule has 9 aromatic rings. The van der Waals surface area contributed by atoms with E-state index in [4.69, 9.17) is 4.42 Å². The summed E-state index contributed by atoms with van der Waals surface area (Å²) < 4.78 is 6.45. The van der Waals surface area contributed by atoms with Crippen LogP contribution in [0.3, 0.4) is 0 Å². The molecular formula is C42H26O. The lowest BCUT2D eigenvalue weighted by Crippen LogP contribution is -1.87. The zero-order valence-corrected chi connectivity index (χ0v) is 23.4. The number of fused-ring (bicyclic) bond motifs is 9. The summed E-state index contributed by atoms with van der Waals surface area (Å²) >= 11 is 0. The van der Waals surface area contributed by atoms with Gasteiger partial charge in [0.05, 0.1) is 0 Å². The average Bonchev–Trinajstić information content (AvgIpc) is 3.47. The fourth-order valence-corrected chi connectivity index (χ4v) is 6.89. The molecule has 0 aliphatic heterocycles. The highest BCUT2D eigenvalue weighted by atomic mass is 16.3. The molecule has 0 saturated heterocycles. The molecule has 43 heavy (non-hydrogen) atoms. The zero-order chi connectivity index (χ0) is 28.3. The molecule has 0 bridgehead atoms. The zero-order valence-electron chi connectivity index (χ0n) is 23.4. The largest absolute Gasteiger partial charge is 0.455 e. The lowest BCUT2D eigenvalue weighted by Gasteiger charge is -2.15. The van der Waals surface area contributed by atoms with E-state index in [9.17, 15) is 0 Å². The Morgan fingerprint density at radius 1 is 0.302 bits per heavy atom. The summed E-state index contributed by atoms with van der Waals surface area (Å²) in [5.41, 5.74) is 8.96. The molecule has 0 unspecified atom stereocenters. The van der Waals surface area contributed by atoms with Crippen LogP contribution < -0.4 is 0 Å². The maximum absolute atomic E-state index is 6.45. The highest BCUT2D eigenvalue weighted by molar-refractivity contribution is 6.28. The molecule has 1 aromatic heterocycles. The van der Waals surface area contributed by atoms with Crippen LogP contribution in [0, 0.1) is 0 Å². The van der Waals surface area contributed by atoms with Gasteiger partial charge in [-0.3, -0.25) is 0 Å². The quantitative estimate of drug-likeness (QED) is 0.201. The van der Waals surface area contributed by atoms with E-state index in [2.05, 4.69) is 152 Å². The van der Waals surface area contributed by atoms with Crippen LogP contribution in [-0.4, -0.2) is 0 Å². The van der Waals surface area contributed by atoms with Crippen LogP contribution in [0.4, 0.5) is 0 Å². The first-order chi connectivity index (χ1) is 21.3. The molecule has 0 fully saturated rings. The third-order valence-electron chi connectivity index (χ3n) is 8.86. The van der Waals surface area contributed by atoms with Crippen molar-refractivity contribution >= 4 is 54.3 Å². The molecule has 0 atom stereocenters. The lowest BCUT2D eigenvalue weighted by molar-refractivity contribution is 0.670. The second kappa shape index (κ2) is 9.44. The Morgan fingerprint density at radius 2 is 0.837 bits per heavy atom. The third kappa shape index (κ3) is 3.72. The van der Waals surface area contributed by atoms with Crippen molar-refractivity contribution in [3.05, 3.63) is 158 Å². The van der Waals surface area contributed by atoms with Crippen LogP contribution in [-0.2, 0) is 0 Å². The van der Waals surface area contributed by atoms with Gasteiger partial charge in [0.15, 0.2) is 0 Å². The van der Waals surface area contributed by atoms with Gasteiger partial charge in [0.25, 0.3) is 0 Å². The van der Waals surface area contributed by atoms with Gasteiger partial charge >= 0.3 is 0 Å². The second-order valence-electron chi connectivity index (χ2n) is 11.3. The first kappa shape index (κ1) is 24.0. The van der Waals surface area contributed by atoms with Gasteiger partial charge in [0, 0.05) is 16.3 Å². The SMILES string of the molecule is c1ccc(-c2cccc3c2oc2ccc(-c4cccc(-c5cccc6c7ccccc7c7ccccc7c56)c4)cc23)cc1. The van der Waals surface area contributed by atoms with E-state index < -0.39 is 0 Å². The van der Waals surface area contributed by atoms with E-state index >= 15 is 0 Å². The summed E-state index contributed by atoms with van der Waals surface area (Å²) in [6.45, 7) is 0. The lowest BCUT2D eigenvalue weighted by atomic mass is 9.89. The number of para-hydroxylation sites is 1. The Bertz CT molecular complexity index is 2450. The highest BCUT2D eigenvalue weighted by Gasteiger charge is 2.15. The summed E-state index contributed by atoms with van der Waals surface area (Å²) in [7, 11) is 0. The maximum Gasteiger partial charge on any atom is 0.143 e. The first-order valence-electron chi connectivity index (χ1n) is 14.8. The number of rotatable bonds is 3. The molecule has 0 amide bonds. The predicted molar refractivity (Wildman–Crippen MR) is 183 cm³/mol. The molecule has 0 saturated carbocycles. The van der Waals surface area contributed by atoms with E-state index in [-0.39, 0.29) is 0 Å². The summed E-state index contributed by atoms with van der Waals surface area (Å²) in [5.74, 6) is 0. The summed E-state index contributed by atoms with van der Waals surface area (Å²) in [4.78, 5) is 0. The molecule has 0 N–H and O–H groups in total. The molecule has 0 aliphatic rings. The molecule has 0 spiro atoms. The number of benzene rings is 8. The fraction of sp³-hybridized carbons (Fsp3) is 0. The minimum Gasteiger partial charge on any atom is -0.455 e. The molecule has 9 rings (SSSR count). The molecule has 1 nitrogen and oxygen atoms in total. The molecule has 0 aliphatic carbocycles. The fourth-order valence-electron chi connectivity index (χ4n) is 6.89. The number of hydrogen-bond acceptors (Lipinski definition) is 1. The van der Waals surface area contributed by atoms with Crippen molar-refractivity contribution in [1.82, 2.24) is 0 Å². The van der Waals surface area contributed by atoms with Gasteiger partial charge in [-0.25, -0.2) is 0 Å². The van der Waals surface area contributed by atoms with Crippen molar-refractivity contribution in [3.8, 4) is 33.4 Å². The van der Waals surface area contributed by atoms with E-state index in [1.807, 2.05) is 6.07 Å². The minimum atomic E-state index is 0.908. The van der Waals surface area contributed by atoms with Crippen molar-refractivity contribution in [2.45, 2.75) is 0 Å². The Labute approximate surface area is 249 Å². The van der Waals surface area contributed by atoms with Gasteiger partial charge in [-0.1, -0.05) is 140 Å². The molecular weight excluding hydrogens is 520 g/mol. The Hall–Kier alpha value is -5.66. The van der Waals surface area contributed by atoms with Crippen LogP contribution in [0.5, 0.6) is 0 Å². The summed E-state index contributed by atoms with van der Waals surface area (Å²) in [5, 5.41) is 10.0. The monoisotopic (exact) mass is 546 g/mol. The van der Waals surface area contributed by atoms with Crippen LogP contribution >= 0.6 is 0 Å². The van der Waals surface area contributed by atoms with Crippen molar-refractivity contribution in [2.24, 2.45) is 0 Å². The van der Waals surface area contributed by atoms with Crippen molar-refractivity contribution in [2.75, 3.05) is 0 Å². The van der Waals surface area contributed by atoms with Gasteiger partial charge in [0.2, 0.25) is 0 Å².